The number of halogens is 1. The lowest BCUT2D eigenvalue weighted by molar-refractivity contribution is 0.496. The first-order chi connectivity index (χ1) is 6.15. The summed E-state index contributed by atoms with van der Waals surface area (Å²) in [6.45, 7) is 4.79. The molecule has 0 amide bonds. The van der Waals surface area contributed by atoms with Gasteiger partial charge >= 0.3 is 0 Å². The second-order valence-electron chi connectivity index (χ2n) is 3.56. The van der Waals surface area contributed by atoms with E-state index in [1.807, 2.05) is 6.07 Å². The lowest BCUT2D eigenvalue weighted by Gasteiger charge is -2.18. The summed E-state index contributed by atoms with van der Waals surface area (Å²) in [6.07, 6.45) is 0. The molecule has 0 saturated heterocycles. The lowest BCUT2D eigenvalue weighted by atomic mass is 9.89. The third kappa shape index (κ3) is 2.52. The van der Waals surface area contributed by atoms with Crippen LogP contribution in [-0.2, 0) is 0 Å². The van der Waals surface area contributed by atoms with Gasteiger partial charge in [-0.05, 0) is 36.1 Å². The molecule has 0 bridgehead atoms. The molecule has 1 rings (SSSR count). The summed E-state index contributed by atoms with van der Waals surface area (Å²) in [5, 5.41) is 0. The van der Waals surface area contributed by atoms with E-state index in [2.05, 4.69) is 13.8 Å². The highest BCUT2D eigenvalue weighted by Crippen LogP contribution is 2.23. The van der Waals surface area contributed by atoms with Crippen molar-refractivity contribution in [1.29, 1.82) is 0 Å². The molecular formula is C11H16FN. The Kier molecular flexibility index (Phi) is 3.43. The van der Waals surface area contributed by atoms with Crippen LogP contribution in [-0.4, -0.2) is 6.54 Å². The van der Waals surface area contributed by atoms with Gasteiger partial charge in [0.1, 0.15) is 5.82 Å². The average molecular weight is 181 g/mol. The number of benzene rings is 1. The van der Waals surface area contributed by atoms with E-state index in [4.69, 9.17) is 5.73 Å². The third-order valence-corrected chi connectivity index (χ3v) is 2.60. The van der Waals surface area contributed by atoms with Crippen LogP contribution in [0.15, 0.2) is 24.3 Å². The van der Waals surface area contributed by atoms with Gasteiger partial charge in [-0.1, -0.05) is 26.0 Å². The monoisotopic (exact) mass is 181 g/mol. The van der Waals surface area contributed by atoms with Gasteiger partial charge in [-0.15, -0.1) is 0 Å². The normalized spacial score (nSPS) is 15.4. The summed E-state index contributed by atoms with van der Waals surface area (Å²) in [7, 11) is 0. The van der Waals surface area contributed by atoms with Gasteiger partial charge in [-0.3, -0.25) is 0 Å². The molecule has 2 atom stereocenters. The third-order valence-electron chi connectivity index (χ3n) is 2.60. The summed E-state index contributed by atoms with van der Waals surface area (Å²) in [6, 6.07) is 6.73. The minimum absolute atomic E-state index is 0.173. The first-order valence-electron chi connectivity index (χ1n) is 4.60. The van der Waals surface area contributed by atoms with Crippen LogP contribution >= 0.6 is 0 Å². The first kappa shape index (κ1) is 10.2. The van der Waals surface area contributed by atoms with E-state index in [-0.39, 0.29) is 5.82 Å². The molecule has 0 saturated carbocycles. The summed E-state index contributed by atoms with van der Waals surface area (Å²) in [4.78, 5) is 0. The SMILES string of the molecule is CC(CN)C(C)c1cccc(F)c1. The van der Waals surface area contributed by atoms with Gasteiger partial charge in [0.25, 0.3) is 0 Å². The Labute approximate surface area is 78.8 Å². The molecule has 0 aliphatic heterocycles. The van der Waals surface area contributed by atoms with Crippen LogP contribution in [0.25, 0.3) is 0 Å². The van der Waals surface area contributed by atoms with Crippen molar-refractivity contribution in [3.63, 3.8) is 0 Å². The maximum Gasteiger partial charge on any atom is 0.123 e. The summed E-state index contributed by atoms with van der Waals surface area (Å²) in [5.41, 5.74) is 6.58. The van der Waals surface area contributed by atoms with E-state index < -0.39 is 0 Å². The van der Waals surface area contributed by atoms with Crippen molar-refractivity contribution in [2.75, 3.05) is 6.54 Å². The van der Waals surface area contributed by atoms with E-state index >= 15 is 0 Å². The summed E-state index contributed by atoms with van der Waals surface area (Å²) >= 11 is 0. The highest BCUT2D eigenvalue weighted by atomic mass is 19.1. The van der Waals surface area contributed by atoms with Gasteiger partial charge in [-0.25, -0.2) is 4.39 Å². The average Bonchev–Trinajstić information content (AvgIpc) is 2.15. The Bertz CT molecular complexity index is 273. The van der Waals surface area contributed by atoms with Crippen LogP contribution in [0.1, 0.15) is 25.3 Å². The van der Waals surface area contributed by atoms with E-state index in [0.717, 1.165) is 5.56 Å². The standard InChI is InChI=1S/C11H16FN/c1-8(7-13)9(2)10-4-3-5-11(12)6-10/h3-6,8-9H,7,13H2,1-2H3. The van der Waals surface area contributed by atoms with Crippen LogP contribution in [0.5, 0.6) is 0 Å². The van der Waals surface area contributed by atoms with Crippen LogP contribution < -0.4 is 5.73 Å². The topological polar surface area (TPSA) is 26.0 Å². The number of hydrogen-bond donors (Lipinski definition) is 1. The molecular weight excluding hydrogens is 165 g/mol. The van der Waals surface area contributed by atoms with Crippen molar-refractivity contribution < 1.29 is 4.39 Å². The number of rotatable bonds is 3. The molecule has 0 fully saturated rings. The van der Waals surface area contributed by atoms with Gasteiger partial charge < -0.3 is 5.73 Å². The van der Waals surface area contributed by atoms with E-state index in [1.165, 1.54) is 6.07 Å². The maximum atomic E-state index is 12.9. The molecule has 13 heavy (non-hydrogen) atoms. The van der Waals surface area contributed by atoms with Gasteiger partial charge in [-0.2, -0.15) is 0 Å². The van der Waals surface area contributed by atoms with Crippen molar-refractivity contribution >= 4 is 0 Å². The van der Waals surface area contributed by atoms with Gasteiger partial charge in [0.2, 0.25) is 0 Å². The highest BCUT2D eigenvalue weighted by Gasteiger charge is 2.12. The van der Waals surface area contributed by atoms with Crippen LogP contribution in [0, 0.1) is 11.7 Å². The minimum atomic E-state index is -0.173. The fourth-order valence-electron chi connectivity index (χ4n) is 1.32. The molecule has 1 aromatic carbocycles. The molecule has 0 aromatic heterocycles. The zero-order chi connectivity index (χ0) is 9.84. The van der Waals surface area contributed by atoms with E-state index in [0.29, 0.717) is 18.4 Å². The van der Waals surface area contributed by atoms with Crippen molar-refractivity contribution in [3.8, 4) is 0 Å². The maximum absolute atomic E-state index is 12.9. The van der Waals surface area contributed by atoms with Crippen molar-refractivity contribution in [2.24, 2.45) is 11.7 Å². The molecule has 2 heteroatoms. The molecule has 1 aromatic rings. The van der Waals surface area contributed by atoms with Crippen molar-refractivity contribution in [1.82, 2.24) is 0 Å². The molecule has 0 heterocycles. The fourth-order valence-corrected chi connectivity index (χ4v) is 1.32. The predicted molar refractivity (Wildman–Crippen MR) is 53.0 cm³/mol. The Hall–Kier alpha value is -0.890. The van der Waals surface area contributed by atoms with Crippen molar-refractivity contribution in [2.45, 2.75) is 19.8 Å². The molecule has 0 spiro atoms. The van der Waals surface area contributed by atoms with Gasteiger partial charge in [0, 0.05) is 0 Å². The van der Waals surface area contributed by atoms with Gasteiger partial charge in [0.05, 0.1) is 0 Å². The Morgan fingerprint density at radius 1 is 1.38 bits per heavy atom. The molecule has 0 aliphatic rings. The second-order valence-corrected chi connectivity index (χ2v) is 3.56. The minimum Gasteiger partial charge on any atom is -0.330 e. The molecule has 2 N–H and O–H groups in total. The molecule has 2 unspecified atom stereocenters. The van der Waals surface area contributed by atoms with Crippen LogP contribution in [0.3, 0.4) is 0 Å². The largest absolute Gasteiger partial charge is 0.330 e. The first-order valence-corrected chi connectivity index (χ1v) is 4.60. The van der Waals surface area contributed by atoms with Crippen LogP contribution in [0.2, 0.25) is 0 Å². The van der Waals surface area contributed by atoms with E-state index in [1.54, 1.807) is 12.1 Å². The quantitative estimate of drug-likeness (QED) is 0.761. The zero-order valence-corrected chi connectivity index (χ0v) is 8.13. The molecule has 1 nitrogen and oxygen atoms in total. The number of hydrogen-bond acceptors (Lipinski definition) is 1. The fraction of sp³-hybridized carbons (Fsp3) is 0.455. The van der Waals surface area contributed by atoms with Crippen molar-refractivity contribution in [3.05, 3.63) is 35.6 Å². The number of nitrogens with two attached hydrogens (primary N) is 1. The summed E-state index contributed by atoms with van der Waals surface area (Å²) < 4.78 is 12.9. The lowest BCUT2D eigenvalue weighted by Crippen LogP contribution is -2.17. The highest BCUT2D eigenvalue weighted by molar-refractivity contribution is 5.20. The van der Waals surface area contributed by atoms with E-state index in [9.17, 15) is 4.39 Å². The smallest absolute Gasteiger partial charge is 0.123 e. The Morgan fingerprint density at radius 2 is 2.08 bits per heavy atom. The van der Waals surface area contributed by atoms with Gasteiger partial charge in [0.15, 0.2) is 0 Å². The molecule has 0 radical (unpaired) electrons. The predicted octanol–water partition coefficient (Wildman–Crippen LogP) is 2.52. The Balaban J connectivity index is 2.82. The molecule has 0 aliphatic carbocycles. The summed E-state index contributed by atoms with van der Waals surface area (Å²) in [5.74, 6) is 0.538. The molecule has 72 valence electrons. The Morgan fingerprint density at radius 3 is 2.62 bits per heavy atom. The van der Waals surface area contributed by atoms with Crippen LogP contribution in [0.4, 0.5) is 4.39 Å². The zero-order valence-electron chi connectivity index (χ0n) is 8.13. The second kappa shape index (κ2) is 4.38.